The lowest BCUT2D eigenvalue weighted by molar-refractivity contribution is 0.0227. The Morgan fingerprint density at radius 3 is 2.65 bits per heavy atom. The Bertz CT molecular complexity index is 291. The normalized spacial score (nSPS) is 31.9. The monoisotopic (exact) mass is 282 g/mol. The van der Waals surface area contributed by atoms with E-state index < -0.39 is 0 Å². The number of nitrogens with one attached hydrogen (secondary N) is 1. The van der Waals surface area contributed by atoms with Crippen LogP contribution in [-0.2, 0) is 4.74 Å². The minimum atomic E-state index is 0.342. The molecule has 0 bridgehead atoms. The maximum Gasteiger partial charge on any atom is 0.0593 e. The van der Waals surface area contributed by atoms with Gasteiger partial charge < -0.3 is 10.1 Å². The first-order valence-electron chi connectivity index (χ1n) is 8.63. The van der Waals surface area contributed by atoms with Crippen LogP contribution in [0.5, 0.6) is 0 Å². The van der Waals surface area contributed by atoms with Crippen molar-refractivity contribution in [2.24, 2.45) is 11.8 Å². The number of ether oxygens (including phenoxy) is 1. The van der Waals surface area contributed by atoms with Gasteiger partial charge in [-0.15, -0.1) is 0 Å². The highest BCUT2D eigenvalue weighted by Gasteiger charge is 2.46. The Kier molecular flexibility index (Phi) is 5.88. The number of hydrogen-bond donors (Lipinski definition) is 1. The van der Waals surface area contributed by atoms with E-state index in [1.54, 1.807) is 0 Å². The third-order valence-electron chi connectivity index (χ3n) is 5.13. The van der Waals surface area contributed by atoms with Crippen LogP contribution < -0.4 is 5.32 Å². The molecule has 1 saturated carbocycles. The maximum atomic E-state index is 5.79. The van der Waals surface area contributed by atoms with E-state index in [1.165, 1.54) is 32.2 Å². The maximum absolute atomic E-state index is 5.79. The highest BCUT2D eigenvalue weighted by atomic mass is 16.5. The van der Waals surface area contributed by atoms with Crippen molar-refractivity contribution in [1.82, 2.24) is 10.2 Å². The van der Waals surface area contributed by atoms with E-state index in [1.807, 2.05) is 0 Å². The molecule has 20 heavy (non-hydrogen) atoms. The molecule has 0 amide bonds. The van der Waals surface area contributed by atoms with Crippen molar-refractivity contribution in [3.63, 3.8) is 0 Å². The van der Waals surface area contributed by atoms with E-state index in [2.05, 4.69) is 37.9 Å². The first-order chi connectivity index (χ1) is 9.57. The molecule has 2 unspecified atom stereocenters. The van der Waals surface area contributed by atoms with Crippen LogP contribution >= 0.6 is 0 Å². The minimum Gasteiger partial charge on any atom is -0.380 e. The van der Waals surface area contributed by atoms with Gasteiger partial charge in [-0.05, 0) is 38.0 Å². The molecule has 0 aromatic heterocycles. The Morgan fingerprint density at radius 1 is 1.30 bits per heavy atom. The molecule has 1 aliphatic carbocycles. The van der Waals surface area contributed by atoms with Gasteiger partial charge >= 0.3 is 0 Å². The summed E-state index contributed by atoms with van der Waals surface area (Å²) >= 11 is 0. The first kappa shape index (κ1) is 16.3. The highest BCUT2D eigenvalue weighted by molar-refractivity contribution is 5.04. The summed E-state index contributed by atoms with van der Waals surface area (Å²) in [5, 5.41) is 3.85. The molecule has 1 N–H and O–H groups in total. The Balaban J connectivity index is 1.83. The van der Waals surface area contributed by atoms with Crippen LogP contribution in [0.3, 0.4) is 0 Å². The van der Waals surface area contributed by atoms with Gasteiger partial charge in [-0.3, -0.25) is 4.90 Å². The molecular weight excluding hydrogens is 248 g/mol. The van der Waals surface area contributed by atoms with Crippen molar-refractivity contribution >= 4 is 0 Å². The lowest BCUT2D eigenvalue weighted by atomic mass is 9.88. The van der Waals surface area contributed by atoms with Crippen molar-refractivity contribution < 1.29 is 4.74 Å². The molecule has 1 heterocycles. The van der Waals surface area contributed by atoms with Gasteiger partial charge in [0, 0.05) is 37.8 Å². The molecule has 2 atom stereocenters. The van der Waals surface area contributed by atoms with Crippen molar-refractivity contribution in [3.8, 4) is 0 Å². The van der Waals surface area contributed by atoms with E-state index in [-0.39, 0.29) is 0 Å². The standard InChI is InChI=1S/C17H34N2O/c1-5-6-10-20-11-9-19-13-17(4,15-7-8-15)18-12-16(19)14(2)3/h14-16,18H,5-13H2,1-4H3. The number of unbranched alkanes of at least 4 members (excludes halogenated alkanes) is 1. The second kappa shape index (κ2) is 7.24. The Labute approximate surface area is 125 Å². The minimum absolute atomic E-state index is 0.342. The van der Waals surface area contributed by atoms with Gasteiger partial charge in [-0.2, -0.15) is 0 Å². The van der Waals surface area contributed by atoms with Gasteiger partial charge in [0.1, 0.15) is 0 Å². The SMILES string of the molecule is CCCCOCCN1CC(C)(C2CC2)NCC1C(C)C. The number of rotatable bonds is 8. The fourth-order valence-corrected chi connectivity index (χ4v) is 3.49. The summed E-state index contributed by atoms with van der Waals surface area (Å²) in [6.07, 6.45) is 5.24. The lowest BCUT2D eigenvalue weighted by Gasteiger charge is -2.48. The van der Waals surface area contributed by atoms with Gasteiger partial charge in [-0.1, -0.05) is 27.2 Å². The number of hydrogen-bond acceptors (Lipinski definition) is 3. The summed E-state index contributed by atoms with van der Waals surface area (Å²) in [7, 11) is 0. The summed E-state index contributed by atoms with van der Waals surface area (Å²) in [5.41, 5.74) is 0.342. The Hall–Kier alpha value is -0.120. The summed E-state index contributed by atoms with van der Waals surface area (Å²) in [4.78, 5) is 2.69. The molecule has 2 fully saturated rings. The van der Waals surface area contributed by atoms with E-state index >= 15 is 0 Å². The van der Waals surface area contributed by atoms with Crippen molar-refractivity contribution in [2.75, 3.05) is 32.8 Å². The fourth-order valence-electron chi connectivity index (χ4n) is 3.49. The molecule has 2 rings (SSSR count). The predicted molar refractivity (Wildman–Crippen MR) is 85.1 cm³/mol. The molecule has 1 saturated heterocycles. The molecule has 0 radical (unpaired) electrons. The zero-order chi connectivity index (χ0) is 14.6. The summed E-state index contributed by atoms with van der Waals surface area (Å²) < 4.78 is 5.79. The number of nitrogens with zero attached hydrogens (tertiary/aromatic N) is 1. The van der Waals surface area contributed by atoms with Crippen LogP contribution in [0.2, 0.25) is 0 Å². The van der Waals surface area contributed by atoms with Crippen molar-refractivity contribution in [1.29, 1.82) is 0 Å². The van der Waals surface area contributed by atoms with Gasteiger partial charge in [0.15, 0.2) is 0 Å². The van der Waals surface area contributed by atoms with Gasteiger partial charge in [0.2, 0.25) is 0 Å². The molecule has 1 aliphatic heterocycles. The van der Waals surface area contributed by atoms with E-state index in [9.17, 15) is 0 Å². The summed E-state index contributed by atoms with van der Waals surface area (Å²) in [5.74, 6) is 1.61. The second-order valence-electron chi connectivity index (χ2n) is 7.32. The lowest BCUT2D eigenvalue weighted by Crippen LogP contribution is -2.65. The van der Waals surface area contributed by atoms with Gasteiger partial charge in [0.05, 0.1) is 6.61 Å². The highest BCUT2D eigenvalue weighted by Crippen LogP contribution is 2.41. The molecular formula is C17H34N2O. The van der Waals surface area contributed by atoms with Crippen LogP contribution in [0.4, 0.5) is 0 Å². The first-order valence-corrected chi connectivity index (χ1v) is 8.63. The Morgan fingerprint density at radius 2 is 2.05 bits per heavy atom. The van der Waals surface area contributed by atoms with Gasteiger partial charge in [-0.25, -0.2) is 0 Å². The van der Waals surface area contributed by atoms with Crippen molar-refractivity contribution in [3.05, 3.63) is 0 Å². The second-order valence-corrected chi connectivity index (χ2v) is 7.32. The zero-order valence-electron chi connectivity index (χ0n) is 14.0. The van der Waals surface area contributed by atoms with Gasteiger partial charge in [0.25, 0.3) is 0 Å². The van der Waals surface area contributed by atoms with Crippen LogP contribution in [0, 0.1) is 11.8 Å². The third kappa shape index (κ3) is 4.19. The fraction of sp³-hybridized carbons (Fsp3) is 1.00. The molecule has 0 aromatic carbocycles. The number of piperazine rings is 1. The smallest absolute Gasteiger partial charge is 0.0593 e. The summed E-state index contributed by atoms with van der Waals surface area (Å²) in [6.45, 7) is 14.6. The van der Waals surface area contributed by atoms with E-state index in [0.29, 0.717) is 17.5 Å². The van der Waals surface area contributed by atoms with Crippen LogP contribution in [0.1, 0.15) is 53.4 Å². The zero-order valence-corrected chi connectivity index (χ0v) is 14.0. The molecule has 2 aliphatic rings. The van der Waals surface area contributed by atoms with Crippen LogP contribution in [0.15, 0.2) is 0 Å². The topological polar surface area (TPSA) is 24.5 Å². The van der Waals surface area contributed by atoms with Crippen LogP contribution in [0.25, 0.3) is 0 Å². The predicted octanol–water partition coefficient (Wildman–Crippen LogP) is 2.90. The molecule has 0 aromatic rings. The molecule has 0 spiro atoms. The average Bonchev–Trinajstić information content (AvgIpc) is 3.23. The summed E-state index contributed by atoms with van der Waals surface area (Å²) in [6, 6.07) is 0.664. The van der Waals surface area contributed by atoms with Crippen molar-refractivity contribution in [2.45, 2.75) is 65.0 Å². The molecule has 3 nitrogen and oxygen atoms in total. The molecule has 118 valence electrons. The quantitative estimate of drug-likeness (QED) is 0.693. The van der Waals surface area contributed by atoms with E-state index in [0.717, 1.165) is 32.2 Å². The largest absolute Gasteiger partial charge is 0.380 e. The van der Waals surface area contributed by atoms with Crippen LogP contribution in [-0.4, -0.2) is 49.3 Å². The van der Waals surface area contributed by atoms with E-state index in [4.69, 9.17) is 4.74 Å². The molecule has 3 heteroatoms. The average molecular weight is 282 g/mol. The third-order valence-corrected chi connectivity index (χ3v) is 5.13.